The molecular formula is C20H19ClFN3O3. The Kier molecular flexibility index (Phi) is 4.72. The second-order valence-corrected chi connectivity index (χ2v) is 7.19. The van der Waals surface area contributed by atoms with Crippen molar-refractivity contribution in [3.8, 4) is 17.0 Å². The molecule has 28 heavy (non-hydrogen) atoms. The topological polar surface area (TPSA) is 76.2 Å². The van der Waals surface area contributed by atoms with Crippen molar-refractivity contribution in [1.82, 2.24) is 15.3 Å². The van der Waals surface area contributed by atoms with E-state index in [0.717, 1.165) is 29.4 Å². The minimum absolute atomic E-state index is 0.0725. The summed E-state index contributed by atoms with van der Waals surface area (Å²) in [5, 5.41) is 4.23. The first-order chi connectivity index (χ1) is 13.5. The van der Waals surface area contributed by atoms with Gasteiger partial charge in [-0.1, -0.05) is 11.6 Å². The van der Waals surface area contributed by atoms with Crippen LogP contribution < -0.4 is 10.1 Å². The number of H-pyrrole nitrogens is 1. The lowest BCUT2D eigenvalue weighted by Crippen LogP contribution is -2.37. The van der Waals surface area contributed by atoms with Gasteiger partial charge >= 0.3 is 0 Å². The molecule has 2 aromatic heterocycles. The molecular weight excluding hydrogens is 385 g/mol. The van der Waals surface area contributed by atoms with Gasteiger partial charge < -0.3 is 19.8 Å². The summed E-state index contributed by atoms with van der Waals surface area (Å²) in [4.78, 5) is 19.4. The third-order valence-electron chi connectivity index (χ3n) is 5.02. The normalized spacial score (nSPS) is 14.9. The van der Waals surface area contributed by atoms with E-state index in [2.05, 4.69) is 15.3 Å². The van der Waals surface area contributed by atoms with Gasteiger partial charge in [-0.2, -0.15) is 4.39 Å². The molecule has 8 heteroatoms. The summed E-state index contributed by atoms with van der Waals surface area (Å²) < 4.78 is 24.1. The third kappa shape index (κ3) is 3.31. The summed E-state index contributed by atoms with van der Waals surface area (Å²) in [6.45, 7) is 0.348. The number of carbonyl (C=O) groups excluding carboxylic acids is 1. The molecule has 1 aromatic carbocycles. The Morgan fingerprint density at radius 1 is 1.32 bits per heavy atom. The van der Waals surface area contributed by atoms with E-state index in [1.807, 2.05) is 12.1 Å². The second kappa shape index (κ2) is 7.07. The SMILES string of the molecule is COc1ccc(-c2cc3[nH]c(CNC(=O)C4(OC)CC4)cc3cc2Cl)nc1F. The molecule has 0 bridgehead atoms. The van der Waals surface area contributed by atoms with Crippen molar-refractivity contribution >= 4 is 28.4 Å². The quantitative estimate of drug-likeness (QED) is 0.613. The molecule has 1 amide bonds. The van der Waals surface area contributed by atoms with Crippen molar-refractivity contribution < 1.29 is 18.7 Å². The lowest BCUT2D eigenvalue weighted by Gasteiger charge is -2.12. The maximum atomic E-state index is 14.0. The number of fused-ring (bicyclic) bond motifs is 1. The Bertz CT molecular complexity index is 1060. The molecule has 6 nitrogen and oxygen atoms in total. The molecule has 2 heterocycles. The van der Waals surface area contributed by atoms with Gasteiger partial charge in [0.05, 0.1) is 24.4 Å². The minimum Gasteiger partial charge on any atom is -0.492 e. The van der Waals surface area contributed by atoms with Crippen LogP contribution in [0.2, 0.25) is 5.02 Å². The first kappa shape index (κ1) is 18.7. The number of pyridine rings is 1. The van der Waals surface area contributed by atoms with Crippen molar-refractivity contribution in [2.24, 2.45) is 0 Å². The molecule has 0 radical (unpaired) electrons. The van der Waals surface area contributed by atoms with E-state index in [-0.39, 0.29) is 11.7 Å². The fourth-order valence-corrected chi connectivity index (χ4v) is 3.47. The summed E-state index contributed by atoms with van der Waals surface area (Å²) in [5.74, 6) is -0.730. The summed E-state index contributed by atoms with van der Waals surface area (Å²) in [6.07, 6.45) is 1.48. The molecule has 1 aliphatic rings. The van der Waals surface area contributed by atoms with Crippen molar-refractivity contribution in [2.45, 2.75) is 25.0 Å². The average Bonchev–Trinajstić information content (AvgIpc) is 3.40. The Morgan fingerprint density at radius 3 is 2.75 bits per heavy atom. The van der Waals surface area contributed by atoms with Gasteiger partial charge in [0.15, 0.2) is 5.75 Å². The zero-order valence-corrected chi connectivity index (χ0v) is 16.2. The molecule has 0 atom stereocenters. The number of nitrogens with zero attached hydrogens (tertiary/aromatic N) is 1. The highest BCUT2D eigenvalue weighted by atomic mass is 35.5. The summed E-state index contributed by atoms with van der Waals surface area (Å²) in [7, 11) is 2.94. The van der Waals surface area contributed by atoms with Crippen molar-refractivity contribution in [2.75, 3.05) is 14.2 Å². The van der Waals surface area contributed by atoms with Crippen molar-refractivity contribution in [3.63, 3.8) is 0 Å². The molecule has 0 unspecified atom stereocenters. The maximum absolute atomic E-state index is 14.0. The number of benzene rings is 1. The van der Waals surface area contributed by atoms with Gasteiger partial charge in [-0.05, 0) is 43.2 Å². The van der Waals surface area contributed by atoms with E-state index in [4.69, 9.17) is 21.1 Å². The van der Waals surface area contributed by atoms with Crippen LogP contribution >= 0.6 is 11.6 Å². The van der Waals surface area contributed by atoms with Crippen LogP contribution in [0.3, 0.4) is 0 Å². The van der Waals surface area contributed by atoms with E-state index in [1.54, 1.807) is 19.2 Å². The predicted octanol–water partition coefficient (Wildman–Crippen LogP) is 3.83. The lowest BCUT2D eigenvalue weighted by molar-refractivity contribution is -0.133. The first-order valence-electron chi connectivity index (χ1n) is 8.81. The van der Waals surface area contributed by atoms with Crippen LogP contribution in [0, 0.1) is 5.95 Å². The van der Waals surface area contributed by atoms with Crippen LogP contribution in [0.1, 0.15) is 18.5 Å². The zero-order chi connectivity index (χ0) is 19.9. The number of halogens is 2. The number of methoxy groups -OCH3 is 2. The molecule has 2 N–H and O–H groups in total. The number of carbonyl (C=O) groups is 1. The largest absolute Gasteiger partial charge is 0.492 e. The summed E-state index contributed by atoms with van der Waals surface area (Å²) >= 11 is 6.39. The van der Waals surface area contributed by atoms with E-state index < -0.39 is 11.5 Å². The van der Waals surface area contributed by atoms with Gasteiger partial charge in [-0.25, -0.2) is 4.98 Å². The van der Waals surface area contributed by atoms with Crippen LogP contribution in [0.25, 0.3) is 22.2 Å². The minimum atomic E-state index is -0.696. The summed E-state index contributed by atoms with van der Waals surface area (Å²) in [6, 6.07) is 8.68. The number of amides is 1. The van der Waals surface area contributed by atoms with E-state index in [1.165, 1.54) is 13.2 Å². The standard InChI is InChI=1S/C20H19ClFN3O3/c1-27-17-4-3-15(25-18(17)22)13-9-16-11(8-14(13)21)7-12(24-16)10-23-19(26)20(28-2)5-6-20/h3-4,7-9,24H,5-6,10H2,1-2H3,(H,23,26). The molecule has 0 saturated heterocycles. The highest BCUT2D eigenvalue weighted by Crippen LogP contribution is 2.39. The zero-order valence-electron chi connectivity index (χ0n) is 15.4. The van der Waals surface area contributed by atoms with Gasteiger partial charge in [0.1, 0.15) is 5.60 Å². The molecule has 0 spiro atoms. The fourth-order valence-electron chi connectivity index (χ4n) is 3.20. The highest BCUT2D eigenvalue weighted by molar-refractivity contribution is 6.34. The van der Waals surface area contributed by atoms with Gasteiger partial charge in [0.25, 0.3) is 11.9 Å². The molecule has 0 aliphatic heterocycles. The van der Waals surface area contributed by atoms with Crippen LogP contribution in [-0.4, -0.2) is 35.7 Å². The van der Waals surface area contributed by atoms with E-state index in [9.17, 15) is 9.18 Å². The van der Waals surface area contributed by atoms with Crippen LogP contribution in [0.4, 0.5) is 4.39 Å². The van der Waals surface area contributed by atoms with Crippen LogP contribution in [0.5, 0.6) is 5.75 Å². The number of hydrogen-bond donors (Lipinski definition) is 2. The number of aromatic nitrogens is 2. The average molecular weight is 404 g/mol. The second-order valence-electron chi connectivity index (χ2n) is 6.78. The number of hydrogen-bond acceptors (Lipinski definition) is 4. The molecule has 1 aliphatic carbocycles. The summed E-state index contributed by atoms with van der Waals surface area (Å²) in [5.41, 5.74) is 1.99. The Morgan fingerprint density at radius 2 is 2.11 bits per heavy atom. The fraction of sp³-hybridized carbons (Fsp3) is 0.300. The maximum Gasteiger partial charge on any atom is 0.255 e. The van der Waals surface area contributed by atoms with Gasteiger partial charge in [0, 0.05) is 29.3 Å². The number of rotatable bonds is 6. The van der Waals surface area contributed by atoms with Gasteiger partial charge in [-0.15, -0.1) is 0 Å². The molecule has 3 aromatic rings. The molecule has 146 valence electrons. The molecule has 4 rings (SSSR count). The highest BCUT2D eigenvalue weighted by Gasteiger charge is 2.50. The Labute approximate surface area is 166 Å². The van der Waals surface area contributed by atoms with E-state index in [0.29, 0.717) is 22.8 Å². The monoisotopic (exact) mass is 403 g/mol. The van der Waals surface area contributed by atoms with Gasteiger partial charge in [0.2, 0.25) is 0 Å². The van der Waals surface area contributed by atoms with Crippen molar-refractivity contribution in [1.29, 1.82) is 0 Å². The number of nitrogens with one attached hydrogen (secondary N) is 2. The number of aromatic amines is 1. The lowest BCUT2D eigenvalue weighted by atomic mass is 10.1. The number of ether oxygens (including phenoxy) is 2. The Hall–Kier alpha value is -2.64. The third-order valence-corrected chi connectivity index (χ3v) is 5.34. The van der Waals surface area contributed by atoms with Crippen LogP contribution in [0.15, 0.2) is 30.3 Å². The first-order valence-corrected chi connectivity index (χ1v) is 9.19. The smallest absolute Gasteiger partial charge is 0.255 e. The Balaban J connectivity index is 1.58. The van der Waals surface area contributed by atoms with Crippen molar-refractivity contribution in [3.05, 3.63) is 47.0 Å². The van der Waals surface area contributed by atoms with Gasteiger partial charge in [-0.3, -0.25) is 4.79 Å². The predicted molar refractivity (Wildman–Crippen MR) is 104 cm³/mol. The van der Waals surface area contributed by atoms with E-state index >= 15 is 0 Å². The molecule has 1 fully saturated rings. The molecule has 1 saturated carbocycles. The van der Waals surface area contributed by atoms with Crippen LogP contribution in [-0.2, 0) is 16.1 Å².